The molecule has 0 aromatic heterocycles. The number of hydrogen-bond donors (Lipinski definition) is 1. The van der Waals surface area contributed by atoms with Gasteiger partial charge in [0.05, 0.1) is 0 Å². The van der Waals surface area contributed by atoms with Gasteiger partial charge < -0.3 is 5.73 Å². The fourth-order valence-corrected chi connectivity index (χ4v) is 1.70. The highest BCUT2D eigenvalue weighted by Gasteiger charge is 2.03. The van der Waals surface area contributed by atoms with Crippen molar-refractivity contribution in [2.75, 3.05) is 5.73 Å². The van der Waals surface area contributed by atoms with Crippen LogP contribution in [-0.4, -0.2) is 6.29 Å². The Morgan fingerprint density at radius 2 is 1.94 bits per heavy atom. The van der Waals surface area contributed by atoms with Crippen molar-refractivity contribution in [1.29, 1.82) is 0 Å². The maximum atomic E-state index is 10.7. The van der Waals surface area contributed by atoms with Crippen molar-refractivity contribution >= 4 is 12.0 Å². The molecule has 0 saturated carbocycles. The van der Waals surface area contributed by atoms with E-state index in [0.29, 0.717) is 5.56 Å². The molecule has 0 aliphatic heterocycles. The van der Waals surface area contributed by atoms with Crippen molar-refractivity contribution in [3.8, 4) is 11.1 Å². The number of hydrogen-bond acceptors (Lipinski definition) is 2. The molecule has 0 fully saturated rings. The Morgan fingerprint density at radius 1 is 1.12 bits per heavy atom. The van der Waals surface area contributed by atoms with Gasteiger partial charge in [0.15, 0.2) is 0 Å². The summed E-state index contributed by atoms with van der Waals surface area (Å²) in [5.41, 5.74) is 10.4. The third kappa shape index (κ3) is 1.96. The summed E-state index contributed by atoms with van der Waals surface area (Å²) in [6.07, 6.45) is 0.843. The standard InChI is InChI=1S/C14H13NO/c1-10-5-6-14(15)13(7-10)12-4-2-3-11(8-12)9-16/h2-9H,15H2,1H3. The maximum Gasteiger partial charge on any atom is 0.150 e. The summed E-state index contributed by atoms with van der Waals surface area (Å²) in [4.78, 5) is 10.7. The van der Waals surface area contributed by atoms with Crippen LogP contribution in [0.15, 0.2) is 42.5 Å². The maximum absolute atomic E-state index is 10.7. The SMILES string of the molecule is Cc1ccc(N)c(-c2cccc(C=O)c2)c1. The monoisotopic (exact) mass is 211 g/mol. The number of aldehydes is 1. The molecular formula is C14H13NO. The molecule has 2 N–H and O–H groups in total. The minimum absolute atomic E-state index is 0.665. The zero-order valence-electron chi connectivity index (χ0n) is 9.10. The second-order valence-corrected chi connectivity index (χ2v) is 3.83. The molecule has 16 heavy (non-hydrogen) atoms. The quantitative estimate of drug-likeness (QED) is 0.612. The first-order valence-corrected chi connectivity index (χ1v) is 5.12. The predicted octanol–water partition coefficient (Wildman–Crippen LogP) is 3.06. The lowest BCUT2D eigenvalue weighted by molar-refractivity contribution is 0.112. The van der Waals surface area contributed by atoms with Crippen molar-refractivity contribution in [2.45, 2.75) is 6.92 Å². The zero-order chi connectivity index (χ0) is 11.5. The molecule has 2 nitrogen and oxygen atoms in total. The highest BCUT2D eigenvalue weighted by atomic mass is 16.1. The molecule has 2 aromatic carbocycles. The highest BCUT2D eigenvalue weighted by Crippen LogP contribution is 2.27. The Kier molecular flexibility index (Phi) is 2.73. The van der Waals surface area contributed by atoms with Crippen LogP contribution in [0.3, 0.4) is 0 Å². The highest BCUT2D eigenvalue weighted by molar-refractivity contribution is 5.82. The Morgan fingerprint density at radius 3 is 2.69 bits per heavy atom. The number of carbonyl (C=O) groups excluding carboxylic acids is 1. The number of nitrogens with two attached hydrogens (primary N) is 1. The van der Waals surface area contributed by atoms with Crippen LogP contribution < -0.4 is 5.73 Å². The van der Waals surface area contributed by atoms with Crippen LogP contribution in [-0.2, 0) is 0 Å². The summed E-state index contributed by atoms with van der Waals surface area (Å²) in [5.74, 6) is 0. The number of aryl methyl sites for hydroxylation is 1. The molecule has 0 aliphatic carbocycles. The average Bonchev–Trinajstić information content (AvgIpc) is 2.32. The van der Waals surface area contributed by atoms with E-state index in [-0.39, 0.29) is 0 Å². The molecule has 2 rings (SSSR count). The lowest BCUT2D eigenvalue weighted by Gasteiger charge is -2.07. The molecule has 0 unspecified atom stereocenters. The minimum Gasteiger partial charge on any atom is -0.398 e. The van der Waals surface area contributed by atoms with Crippen LogP contribution in [0.4, 0.5) is 5.69 Å². The Balaban J connectivity index is 2.57. The van der Waals surface area contributed by atoms with Crippen LogP contribution in [0.1, 0.15) is 15.9 Å². The van der Waals surface area contributed by atoms with Gasteiger partial charge in [-0.15, -0.1) is 0 Å². The Hall–Kier alpha value is -2.09. The third-order valence-electron chi connectivity index (χ3n) is 2.54. The first-order chi connectivity index (χ1) is 7.70. The van der Waals surface area contributed by atoms with Gasteiger partial charge in [0.25, 0.3) is 0 Å². The Labute approximate surface area is 94.7 Å². The van der Waals surface area contributed by atoms with Gasteiger partial charge >= 0.3 is 0 Å². The number of anilines is 1. The molecule has 0 heterocycles. The summed E-state index contributed by atoms with van der Waals surface area (Å²) in [5, 5.41) is 0. The molecule has 0 aliphatic rings. The molecule has 0 saturated heterocycles. The molecule has 2 aromatic rings. The largest absolute Gasteiger partial charge is 0.398 e. The molecule has 0 radical (unpaired) electrons. The van der Waals surface area contributed by atoms with Gasteiger partial charge in [-0.2, -0.15) is 0 Å². The third-order valence-corrected chi connectivity index (χ3v) is 2.54. The molecule has 0 amide bonds. The van der Waals surface area contributed by atoms with Crippen LogP contribution in [0.2, 0.25) is 0 Å². The van der Waals surface area contributed by atoms with Crippen LogP contribution in [0.5, 0.6) is 0 Å². The fourth-order valence-electron chi connectivity index (χ4n) is 1.70. The van der Waals surface area contributed by atoms with E-state index in [0.717, 1.165) is 28.7 Å². The minimum atomic E-state index is 0.665. The van der Waals surface area contributed by atoms with E-state index in [9.17, 15) is 4.79 Å². The van der Waals surface area contributed by atoms with Crippen LogP contribution >= 0.6 is 0 Å². The number of nitrogen functional groups attached to an aromatic ring is 1. The summed E-state index contributed by atoms with van der Waals surface area (Å²) in [7, 11) is 0. The van der Waals surface area contributed by atoms with Crippen molar-refractivity contribution in [3.63, 3.8) is 0 Å². The summed E-state index contributed by atoms with van der Waals surface area (Å²) in [6.45, 7) is 2.02. The van der Waals surface area contributed by atoms with Crippen LogP contribution in [0.25, 0.3) is 11.1 Å². The first kappa shape index (κ1) is 10.4. The van der Waals surface area contributed by atoms with Gasteiger partial charge in [0.1, 0.15) is 6.29 Å². The van der Waals surface area contributed by atoms with Crippen molar-refractivity contribution in [1.82, 2.24) is 0 Å². The summed E-state index contributed by atoms with van der Waals surface area (Å²) in [6, 6.07) is 13.3. The number of rotatable bonds is 2. The number of benzene rings is 2. The van der Waals surface area contributed by atoms with Crippen molar-refractivity contribution < 1.29 is 4.79 Å². The van der Waals surface area contributed by atoms with E-state index < -0.39 is 0 Å². The van der Waals surface area contributed by atoms with E-state index >= 15 is 0 Å². The van der Waals surface area contributed by atoms with Gasteiger partial charge in [0.2, 0.25) is 0 Å². The lowest BCUT2D eigenvalue weighted by Crippen LogP contribution is -1.91. The second-order valence-electron chi connectivity index (χ2n) is 3.83. The summed E-state index contributed by atoms with van der Waals surface area (Å²) < 4.78 is 0. The van der Waals surface area contributed by atoms with Gasteiger partial charge in [-0.1, -0.05) is 29.8 Å². The lowest BCUT2D eigenvalue weighted by atomic mass is 10.00. The predicted molar refractivity (Wildman–Crippen MR) is 66.4 cm³/mol. The molecule has 2 heteroatoms. The summed E-state index contributed by atoms with van der Waals surface area (Å²) >= 11 is 0. The molecular weight excluding hydrogens is 198 g/mol. The van der Waals surface area contributed by atoms with E-state index in [1.54, 1.807) is 6.07 Å². The molecule has 0 bridgehead atoms. The van der Waals surface area contributed by atoms with Gasteiger partial charge in [-0.25, -0.2) is 0 Å². The average molecular weight is 211 g/mol. The normalized spacial score (nSPS) is 10.1. The van der Waals surface area contributed by atoms with E-state index in [1.165, 1.54) is 0 Å². The molecule has 0 spiro atoms. The van der Waals surface area contributed by atoms with Gasteiger partial charge in [-0.05, 0) is 30.7 Å². The van der Waals surface area contributed by atoms with E-state index in [4.69, 9.17) is 5.73 Å². The van der Waals surface area contributed by atoms with Gasteiger partial charge in [0, 0.05) is 16.8 Å². The molecule has 0 atom stereocenters. The van der Waals surface area contributed by atoms with E-state index in [1.807, 2.05) is 43.3 Å². The fraction of sp³-hybridized carbons (Fsp3) is 0.0714. The van der Waals surface area contributed by atoms with Crippen LogP contribution in [0, 0.1) is 6.92 Å². The number of carbonyl (C=O) groups is 1. The zero-order valence-corrected chi connectivity index (χ0v) is 9.10. The smallest absolute Gasteiger partial charge is 0.150 e. The van der Waals surface area contributed by atoms with Crippen molar-refractivity contribution in [3.05, 3.63) is 53.6 Å². The topological polar surface area (TPSA) is 43.1 Å². The van der Waals surface area contributed by atoms with E-state index in [2.05, 4.69) is 0 Å². The Bertz CT molecular complexity index is 532. The van der Waals surface area contributed by atoms with Crippen molar-refractivity contribution in [2.24, 2.45) is 0 Å². The first-order valence-electron chi connectivity index (χ1n) is 5.12. The molecule has 80 valence electrons. The second kappa shape index (κ2) is 4.19. The van der Waals surface area contributed by atoms with Gasteiger partial charge in [-0.3, -0.25) is 4.79 Å².